The molecule has 2 heterocycles. The molecule has 5 heteroatoms. The number of benzene rings is 2. The second-order valence-corrected chi connectivity index (χ2v) is 11.2. The second-order valence-electron chi connectivity index (χ2n) is 10.0. The number of aromatic nitrogens is 1. The van der Waals surface area contributed by atoms with Crippen LogP contribution in [-0.2, 0) is 4.79 Å². The van der Waals surface area contributed by atoms with Crippen molar-refractivity contribution in [3.63, 3.8) is 0 Å². The van der Waals surface area contributed by atoms with Gasteiger partial charge in [-0.1, -0.05) is 67.4 Å². The van der Waals surface area contributed by atoms with Crippen molar-refractivity contribution in [3.8, 4) is 5.69 Å². The average molecular weight is 486 g/mol. The minimum absolute atomic E-state index is 0.0951. The molecule has 1 saturated heterocycles. The summed E-state index contributed by atoms with van der Waals surface area (Å²) in [4.78, 5) is 16.8. The molecule has 0 bridgehead atoms. The van der Waals surface area contributed by atoms with Gasteiger partial charge in [-0.2, -0.15) is 0 Å². The van der Waals surface area contributed by atoms with Crippen LogP contribution in [0, 0.1) is 26.7 Å². The fourth-order valence-corrected chi connectivity index (χ4v) is 6.74. The monoisotopic (exact) mass is 485 g/mol. The van der Waals surface area contributed by atoms with Gasteiger partial charge in [0.25, 0.3) is 5.91 Å². The third-order valence-corrected chi connectivity index (χ3v) is 8.59. The summed E-state index contributed by atoms with van der Waals surface area (Å²) in [5.41, 5.74) is 6.79. The van der Waals surface area contributed by atoms with E-state index in [9.17, 15) is 4.79 Å². The number of hydrogen-bond donors (Lipinski definition) is 1. The lowest BCUT2D eigenvalue weighted by Gasteiger charge is -2.39. The molecule has 3 atom stereocenters. The molecular formula is C30H35N3OS. The second kappa shape index (κ2) is 9.98. The van der Waals surface area contributed by atoms with Crippen LogP contribution in [0.25, 0.3) is 11.8 Å². The molecule has 1 aliphatic carbocycles. The molecule has 0 radical (unpaired) electrons. The lowest BCUT2D eigenvalue weighted by atomic mass is 9.85. The van der Waals surface area contributed by atoms with E-state index in [4.69, 9.17) is 0 Å². The van der Waals surface area contributed by atoms with E-state index in [1.807, 2.05) is 18.2 Å². The molecule has 1 aliphatic heterocycles. The van der Waals surface area contributed by atoms with Gasteiger partial charge in [0.15, 0.2) is 5.50 Å². The molecule has 182 valence electrons. The lowest BCUT2D eigenvalue weighted by molar-refractivity contribution is -0.129. The molecule has 0 spiro atoms. The Bertz CT molecular complexity index is 1230. The standard InChI is InChI=1S/C30H35N3OS/c1-20-14-16-26(17-15-20)32-22(3)18-24(23(32)4)19-28-29(34)33(27-13-9-8-10-21(27)2)30(35-28)31-25-11-6-5-7-12-25/h5-7,11-12,14-19,21,27,30-31H,8-10,13H2,1-4H3/b28-19-/t21-,27-,30?/m1/s1. The molecule has 2 aliphatic rings. The highest BCUT2D eigenvalue weighted by Crippen LogP contribution is 2.42. The summed E-state index contributed by atoms with van der Waals surface area (Å²) in [6.07, 6.45) is 6.83. The van der Waals surface area contributed by atoms with Crippen molar-refractivity contribution in [1.82, 2.24) is 9.47 Å². The molecule has 3 aromatic rings. The van der Waals surface area contributed by atoms with Crippen molar-refractivity contribution < 1.29 is 4.79 Å². The Labute approximate surface area is 213 Å². The molecule has 2 fully saturated rings. The van der Waals surface area contributed by atoms with E-state index in [0.717, 1.165) is 34.0 Å². The van der Waals surface area contributed by atoms with Crippen LogP contribution >= 0.6 is 11.8 Å². The minimum Gasteiger partial charge on any atom is -0.356 e. The molecule has 1 saturated carbocycles. The summed E-state index contributed by atoms with van der Waals surface area (Å²) < 4.78 is 2.27. The van der Waals surface area contributed by atoms with E-state index in [2.05, 4.69) is 91.0 Å². The van der Waals surface area contributed by atoms with E-state index in [0.29, 0.717) is 5.92 Å². The quantitative estimate of drug-likeness (QED) is 0.386. The van der Waals surface area contributed by atoms with Gasteiger partial charge >= 0.3 is 0 Å². The van der Waals surface area contributed by atoms with Gasteiger partial charge in [0.2, 0.25) is 0 Å². The zero-order chi connectivity index (χ0) is 24.5. The van der Waals surface area contributed by atoms with Crippen LogP contribution < -0.4 is 5.32 Å². The summed E-state index contributed by atoms with van der Waals surface area (Å²) >= 11 is 1.65. The number of carbonyl (C=O) groups excluding carboxylic acids is 1. The van der Waals surface area contributed by atoms with Crippen LogP contribution in [0.2, 0.25) is 0 Å². The van der Waals surface area contributed by atoms with Crippen molar-refractivity contribution in [2.75, 3.05) is 5.32 Å². The highest BCUT2D eigenvalue weighted by Gasteiger charge is 2.43. The Hall–Kier alpha value is -2.92. The van der Waals surface area contributed by atoms with Gasteiger partial charge in [-0.3, -0.25) is 4.79 Å². The number of aryl methyl sites for hydroxylation is 2. The minimum atomic E-state index is -0.0951. The van der Waals surface area contributed by atoms with Crippen molar-refractivity contribution >= 4 is 29.4 Å². The first-order chi connectivity index (χ1) is 16.9. The molecule has 1 N–H and O–H groups in total. The number of carbonyl (C=O) groups is 1. The third-order valence-electron chi connectivity index (χ3n) is 7.47. The third kappa shape index (κ3) is 4.79. The number of hydrogen-bond acceptors (Lipinski definition) is 3. The maximum Gasteiger partial charge on any atom is 0.262 e. The van der Waals surface area contributed by atoms with Crippen molar-refractivity contribution in [1.29, 1.82) is 0 Å². The van der Waals surface area contributed by atoms with E-state index < -0.39 is 0 Å². The summed E-state index contributed by atoms with van der Waals surface area (Å²) in [7, 11) is 0. The molecule has 4 nitrogen and oxygen atoms in total. The van der Waals surface area contributed by atoms with Crippen LogP contribution in [-0.4, -0.2) is 26.9 Å². The smallest absolute Gasteiger partial charge is 0.262 e. The van der Waals surface area contributed by atoms with Crippen LogP contribution in [0.5, 0.6) is 0 Å². The summed E-state index contributed by atoms with van der Waals surface area (Å²) in [5.74, 6) is 0.668. The molecule has 5 rings (SSSR count). The first kappa shape index (κ1) is 23.8. The Morgan fingerprint density at radius 3 is 2.40 bits per heavy atom. The normalized spacial score (nSPS) is 23.8. The van der Waals surface area contributed by atoms with Crippen molar-refractivity contribution in [2.24, 2.45) is 5.92 Å². The Kier molecular flexibility index (Phi) is 6.79. The number of nitrogens with one attached hydrogen (secondary N) is 1. The van der Waals surface area contributed by atoms with Gasteiger partial charge in [0.05, 0.1) is 4.91 Å². The topological polar surface area (TPSA) is 37.3 Å². The SMILES string of the molecule is Cc1ccc(-n2c(C)cc(/C=C3\SC(Nc4ccccc4)N([C@@H]4CCCC[C@H]4C)C3=O)c2C)cc1. The van der Waals surface area contributed by atoms with Gasteiger partial charge in [-0.05, 0) is 81.5 Å². The lowest BCUT2D eigenvalue weighted by Crippen LogP contribution is -2.48. The largest absolute Gasteiger partial charge is 0.356 e. The van der Waals surface area contributed by atoms with E-state index in [-0.39, 0.29) is 17.4 Å². The molecule has 1 unspecified atom stereocenters. The predicted molar refractivity (Wildman–Crippen MR) is 148 cm³/mol. The zero-order valence-corrected chi connectivity index (χ0v) is 21.9. The van der Waals surface area contributed by atoms with E-state index >= 15 is 0 Å². The fraction of sp³-hybridized carbons (Fsp3) is 0.367. The summed E-state index contributed by atoms with van der Waals surface area (Å²) in [6, 6.07) is 21.3. The number of amides is 1. The van der Waals surface area contributed by atoms with E-state index in [1.165, 1.54) is 30.5 Å². The highest BCUT2D eigenvalue weighted by atomic mass is 32.2. The van der Waals surface area contributed by atoms with Gasteiger partial charge in [0.1, 0.15) is 0 Å². The zero-order valence-electron chi connectivity index (χ0n) is 21.1. The number of rotatable bonds is 5. The van der Waals surface area contributed by atoms with Crippen LogP contribution in [0.3, 0.4) is 0 Å². The first-order valence-corrected chi connectivity index (χ1v) is 13.6. The Morgan fingerprint density at radius 1 is 0.971 bits per heavy atom. The highest BCUT2D eigenvalue weighted by molar-refractivity contribution is 8.05. The van der Waals surface area contributed by atoms with Crippen LogP contribution in [0.4, 0.5) is 5.69 Å². The maximum absolute atomic E-state index is 13.9. The summed E-state index contributed by atoms with van der Waals surface area (Å²) in [5, 5.41) is 3.64. The molecule has 1 amide bonds. The summed E-state index contributed by atoms with van der Waals surface area (Å²) in [6.45, 7) is 8.69. The number of para-hydroxylation sites is 1. The van der Waals surface area contributed by atoms with Gasteiger partial charge in [-0.25, -0.2) is 0 Å². The number of anilines is 1. The van der Waals surface area contributed by atoms with Gasteiger partial charge in [-0.15, -0.1) is 0 Å². The van der Waals surface area contributed by atoms with E-state index in [1.54, 1.807) is 11.8 Å². The molecule has 2 aromatic carbocycles. The first-order valence-electron chi connectivity index (χ1n) is 12.7. The van der Waals surface area contributed by atoms with Crippen LogP contribution in [0.1, 0.15) is 55.1 Å². The Balaban J connectivity index is 1.49. The predicted octanol–water partition coefficient (Wildman–Crippen LogP) is 7.29. The fourth-order valence-electron chi connectivity index (χ4n) is 5.53. The van der Waals surface area contributed by atoms with Crippen LogP contribution in [0.15, 0.2) is 65.6 Å². The molecular weight excluding hydrogens is 450 g/mol. The number of nitrogens with zero attached hydrogens (tertiary/aromatic N) is 2. The van der Waals surface area contributed by atoms with Crippen molar-refractivity contribution in [3.05, 3.63) is 88.1 Å². The maximum atomic E-state index is 13.9. The Morgan fingerprint density at radius 2 is 1.69 bits per heavy atom. The van der Waals surface area contributed by atoms with Gasteiger partial charge in [0, 0.05) is 28.8 Å². The number of thioether (sulfide) groups is 1. The molecule has 1 aromatic heterocycles. The average Bonchev–Trinajstić information content (AvgIpc) is 3.30. The van der Waals surface area contributed by atoms with Crippen molar-refractivity contribution in [2.45, 2.75) is 64.9 Å². The molecule has 35 heavy (non-hydrogen) atoms. The van der Waals surface area contributed by atoms with Gasteiger partial charge < -0.3 is 14.8 Å².